The van der Waals surface area contributed by atoms with E-state index in [2.05, 4.69) is 0 Å². The number of esters is 1. The van der Waals surface area contributed by atoms with Crippen LogP contribution in [0.1, 0.15) is 6.92 Å². The van der Waals surface area contributed by atoms with Gasteiger partial charge < -0.3 is 9.64 Å². The summed E-state index contributed by atoms with van der Waals surface area (Å²) in [7, 11) is 0.524. The third-order valence-electron chi connectivity index (χ3n) is 3.88. The lowest BCUT2D eigenvalue weighted by Gasteiger charge is -2.20. The average molecular weight is 378 g/mol. The maximum Gasteiger partial charge on any atom is 0.322 e. The predicted molar refractivity (Wildman–Crippen MR) is 98.0 cm³/mol. The molecule has 0 heterocycles. The molecule has 2 aromatic carbocycles. The highest BCUT2D eigenvalue weighted by Gasteiger charge is 2.26. The summed E-state index contributed by atoms with van der Waals surface area (Å²) in [6.45, 7) is 0.957. The number of ether oxygens (including phenoxy) is 1. The average Bonchev–Trinajstić information content (AvgIpc) is 2.60. The minimum absolute atomic E-state index is 0.0870. The summed E-state index contributed by atoms with van der Waals surface area (Å²) in [5.74, 6) is -1.17. The molecule has 0 aliphatic rings. The van der Waals surface area contributed by atoms with E-state index >= 15 is 0 Å². The van der Waals surface area contributed by atoms with E-state index in [1.54, 1.807) is 26.2 Å². The van der Waals surface area contributed by atoms with Crippen molar-refractivity contribution in [2.75, 3.05) is 27.7 Å². The second-order valence-electron chi connectivity index (χ2n) is 6.13. The first kappa shape index (κ1) is 19.9. The Morgan fingerprint density at radius 3 is 2.27 bits per heavy atom. The lowest BCUT2D eigenvalue weighted by atomic mass is 10.1. The molecule has 0 spiro atoms. The van der Waals surface area contributed by atoms with Crippen molar-refractivity contribution >= 4 is 32.7 Å². The van der Waals surface area contributed by atoms with Crippen molar-refractivity contribution in [3.63, 3.8) is 0 Å². The molecule has 26 heavy (non-hydrogen) atoms. The molecule has 0 radical (unpaired) electrons. The first-order valence-corrected chi connectivity index (χ1v) is 9.42. The number of hydrogen-bond donors (Lipinski definition) is 0. The summed E-state index contributed by atoms with van der Waals surface area (Å²) < 4.78 is 31.3. The number of fused-ring (bicyclic) bond motifs is 1. The molecule has 0 fully saturated rings. The molecule has 0 aromatic heterocycles. The van der Waals surface area contributed by atoms with E-state index in [0.717, 1.165) is 15.1 Å². The molecule has 7 nitrogen and oxygen atoms in total. The number of likely N-dealkylation sites (N-methyl/N-ethyl adjacent to an activating group) is 2. The van der Waals surface area contributed by atoms with Gasteiger partial charge in [0.1, 0.15) is 6.54 Å². The van der Waals surface area contributed by atoms with Crippen LogP contribution in [0.3, 0.4) is 0 Å². The van der Waals surface area contributed by atoms with Crippen LogP contribution in [0.25, 0.3) is 10.8 Å². The Labute approximate surface area is 153 Å². The Bertz CT molecular complexity index is 924. The quantitative estimate of drug-likeness (QED) is 0.711. The number of nitrogens with zero attached hydrogens (tertiary/aromatic N) is 2. The van der Waals surface area contributed by atoms with Gasteiger partial charge in [-0.3, -0.25) is 9.59 Å². The van der Waals surface area contributed by atoms with Crippen LogP contribution in [0.2, 0.25) is 0 Å². The van der Waals surface area contributed by atoms with Crippen LogP contribution in [0.4, 0.5) is 0 Å². The Morgan fingerprint density at radius 1 is 1.04 bits per heavy atom. The van der Waals surface area contributed by atoms with E-state index < -0.39 is 28.6 Å². The number of rotatable bonds is 6. The summed E-state index contributed by atoms with van der Waals surface area (Å²) in [5, 5.41) is 1.71. The Hall–Kier alpha value is -2.45. The minimum Gasteiger partial charge on any atom is -0.452 e. The van der Waals surface area contributed by atoms with E-state index in [1.165, 1.54) is 24.9 Å². The van der Waals surface area contributed by atoms with Gasteiger partial charge in [0.2, 0.25) is 10.0 Å². The van der Waals surface area contributed by atoms with E-state index in [0.29, 0.717) is 0 Å². The second-order valence-corrected chi connectivity index (χ2v) is 8.18. The molecule has 1 amide bonds. The number of carbonyl (C=O) groups is 2. The van der Waals surface area contributed by atoms with E-state index in [9.17, 15) is 18.0 Å². The molecule has 0 saturated carbocycles. The van der Waals surface area contributed by atoms with Gasteiger partial charge in [-0.25, -0.2) is 8.42 Å². The highest BCUT2D eigenvalue weighted by Crippen LogP contribution is 2.21. The SMILES string of the molecule is C[C@H](OC(=O)CN(C)S(=O)(=O)c1ccc2ccccc2c1)C(=O)N(C)C. The lowest BCUT2D eigenvalue weighted by Crippen LogP contribution is -2.38. The topological polar surface area (TPSA) is 84.0 Å². The summed E-state index contributed by atoms with van der Waals surface area (Å²) in [4.78, 5) is 25.1. The maximum absolute atomic E-state index is 12.7. The van der Waals surface area contributed by atoms with Crippen LogP contribution in [0, 0.1) is 0 Å². The monoisotopic (exact) mass is 378 g/mol. The van der Waals surface area contributed by atoms with Gasteiger partial charge in [0, 0.05) is 21.1 Å². The van der Waals surface area contributed by atoms with Crippen molar-refractivity contribution in [1.29, 1.82) is 0 Å². The molecular weight excluding hydrogens is 356 g/mol. The first-order valence-electron chi connectivity index (χ1n) is 7.98. The zero-order valence-electron chi connectivity index (χ0n) is 15.2. The molecule has 0 saturated heterocycles. The predicted octanol–water partition coefficient (Wildman–Crippen LogP) is 1.48. The molecular formula is C18H22N2O5S. The van der Waals surface area contributed by atoms with Gasteiger partial charge in [-0.1, -0.05) is 30.3 Å². The van der Waals surface area contributed by atoms with Gasteiger partial charge in [-0.05, 0) is 29.8 Å². The number of hydrogen-bond acceptors (Lipinski definition) is 5. The van der Waals surface area contributed by atoms with Gasteiger partial charge in [0.15, 0.2) is 6.10 Å². The molecule has 2 rings (SSSR count). The van der Waals surface area contributed by atoms with Crippen molar-refractivity contribution in [2.24, 2.45) is 0 Å². The third-order valence-corrected chi connectivity index (χ3v) is 5.68. The molecule has 0 unspecified atom stereocenters. The number of sulfonamides is 1. The summed E-state index contributed by atoms with van der Waals surface area (Å²) in [6, 6.07) is 12.2. The summed E-state index contributed by atoms with van der Waals surface area (Å²) in [6.07, 6.45) is -0.978. The van der Waals surface area contributed by atoms with Crippen molar-refractivity contribution in [1.82, 2.24) is 9.21 Å². The molecule has 1 atom stereocenters. The van der Waals surface area contributed by atoms with Crippen LogP contribution in [-0.2, 0) is 24.3 Å². The highest BCUT2D eigenvalue weighted by molar-refractivity contribution is 7.89. The fourth-order valence-electron chi connectivity index (χ4n) is 2.42. The van der Waals surface area contributed by atoms with Crippen molar-refractivity contribution in [3.05, 3.63) is 42.5 Å². The standard InChI is InChI=1S/C18H22N2O5S/c1-13(18(22)19(2)3)25-17(21)12-20(4)26(23,24)16-10-9-14-7-5-6-8-15(14)11-16/h5-11,13H,12H2,1-4H3/t13-/m0/s1. The largest absolute Gasteiger partial charge is 0.452 e. The normalized spacial score (nSPS) is 12.8. The van der Waals surface area contributed by atoms with Crippen molar-refractivity contribution in [2.45, 2.75) is 17.9 Å². The first-order chi connectivity index (χ1) is 12.1. The third kappa shape index (κ3) is 4.39. The van der Waals surface area contributed by atoms with Crippen LogP contribution >= 0.6 is 0 Å². The molecule has 0 N–H and O–H groups in total. The molecule has 0 bridgehead atoms. The van der Waals surface area contributed by atoms with Crippen molar-refractivity contribution < 1.29 is 22.7 Å². The minimum atomic E-state index is -3.86. The molecule has 140 valence electrons. The maximum atomic E-state index is 12.7. The number of benzene rings is 2. The van der Waals surface area contributed by atoms with E-state index in [1.807, 2.05) is 24.3 Å². The fourth-order valence-corrected chi connectivity index (χ4v) is 3.57. The smallest absolute Gasteiger partial charge is 0.322 e. The van der Waals surface area contributed by atoms with Gasteiger partial charge in [-0.15, -0.1) is 0 Å². The Kier molecular flexibility index (Phi) is 5.99. The highest BCUT2D eigenvalue weighted by atomic mass is 32.2. The van der Waals surface area contributed by atoms with Gasteiger partial charge in [-0.2, -0.15) is 4.31 Å². The zero-order chi connectivity index (χ0) is 19.5. The van der Waals surface area contributed by atoms with Crippen molar-refractivity contribution in [3.8, 4) is 0 Å². The van der Waals surface area contributed by atoms with Gasteiger partial charge in [0.05, 0.1) is 4.90 Å². The fraction of sp³-hybridized carbons (Fsp3) is 0.333. The number of carbonyl (C=O) groups excluding carboxylic acids is 2. The second kappa shape index (κ2) is 7.84. The van der Waals surface area contributed by atoms with Crippen LogP contribution in [0.5, 0.6) is 0 Å². The molecule has 0 aliphatic carbocycles. The van der Waals surface area contributed by atoms with Gasteiger partial charge >= 0.3 is 5.97 Å². The Morgan fingerprint density at radius 2 is 1.65 bits per heavy atom. The molecule has 0 aliphatic heterocycles. The summed E-state index contributed by atoms with van der Waals surface area (Å²) in [5.41, 5.74) is 0. The lowest BCUT2D eigenvalue weighted by molar-refractivity contribution is -0.157. The molecule has 2 aromatic rings. The molecule has 8 heteroatoms. The number of amides is 1. The van der Waals surface area contributed by atoms with Crippen LogP contribution in [0.15, 0.2) is 47.4 Å². The van der Waals surface area contributed by atoms with Gasteiger partial charge in [0.25, 0.3) is 5.91 Å². The zero-order valence-corrected chi connectivity index (χ0v) is 16.0. The van der Waals surface area contributed by atoms with Crippen LogP contribution < -0.4 is 0 Å². The van der Waals surface area contributed by atoms with Crippen LogP contribution in [-0.4, -0.2) is 63.3 Å². The Balaban J connectivity index is 2.12. The summed E-state index contributed by atoms with van der Waals surface area (Å²) >= 11 is 0. The van der Waals surface area contributed by atoms with E-state index in [4.69, 9.17) is 4.74 Å². The van der Waals surface area contributed by atoms with E-state index in [-0.39, 0.29) is 10.8 Å².